The Labute approximate surface area is 118 Å². The van der Waals surface area contributed by atoms with Crippen molar-refractivity contribution in [3.05, 3.63) is 12.0 Å². The molecule has 0 spiro atoms. The number of ether oxygens (including phenoxy) is 2. The minimum absolute atomic E-state index is 0.116. The Hall–Kier alpha value is -1.72. The molecule has 6 nitrogen and oxygen atoms in total. The molecule has 0 bridgehead atoms. The summed E-state index contributed by atoms with van der Waals surface area (Å²) in [6.07, 6.45) is 6.41. The van der Waals surface area contributed by atoms with E-state index < -0.39 is 17.3 Å². The van der Waals surface area contributed by atoms with Crippen LogP contribution < -0.4 is 5.32 Å². The van der Waals surface area contributed by atoms with Crippen LogP contribution in [-0.2, 0) is 19.1 Å². The Morgan fingerprint density at radius 3 is 2.45 bits per heavy atom. The number of rotatable bonds is 4. The fourth-order valence-electron chi connectivity index (χ4n) is 2.70. The summed E-state index contributed by atoms with van der Waals surface area (Å²) in [4.78, 5) is 23.5. The predicted octanol–water partition coefficient (Wildman–Crippen LogP) is 1.42. The van der Waals surface area contributed by atoms with Crippen LogP contribution in [0.4, 0.5) is 0 Å². The molecule has 2 aliphatic rings. The van der Waals surface area contributed by atoms with Gasteiger partial charge in [0.2, 0.25) is 5.76 Å². The molecule has 0 saturated heterocycles. The fraction of sp³-hybridized carbons (Fsp3) is 0.714. The van der Waals surface area contributed by atoms with Gasteiger partial charge in [-0.05, 0) is 12.8 Å². The second-order valence-corrected chi connectivity index (χ2v) is 5.38. The van der Waals surface area contributed by atoms with Gasteiger partial charge in [0.25, 0.3) is 5.91 Å². The van der Waals surface area contributed by atoms with Gasteiger partial charge in [-0.15, -0.1) is 0 Å². The second kappa shape index (κ2) is 6.63. The number of carboxylic acids is 1. The highest BCUT2D eigenvalue weighted by molar-refractivity contribution is 5.91. The zero-order valence-corrected chi connectivity index (χ0v) is 11.5. The lowest BCUT2D eigenvalue weighted by molar-refractivity contribution is -0.149. The van der Waals surface area contributed by atoms with Crippen LogP contribution in [0.5, 0.6) is 0 Å². The molecule has 2 N–H and O–H groups in total. The number of carbonyl (C=O) groups is 2. The average molecular weight is 283 g/mol. The standard InChI is InChI=1S/C14H21NO5/c16-12(11-9-19-7-8-20-11)15-10-14(13(17)18)5-3-1-2-4-6-14/h9H,1-8,10H2,(H,15,16)(H,17,18). The van der Waals surface area contributed by atoms with Crippen molar-refractivity contribution >= 4 is 11.9 Å². The van der Waals surface area contributed by atoms with Crippen LogP contribution in [0.2, 0.25) is 0 Å². The third-order valence-corrected chi connectivity index (χ3v) is 3.97. The minimum Gasteiger partial charge on any atom is -0.494 e. The molecule has 1 fully saturated rings. The van der Waals surface area contributed by atoms with E-state index in [1.54, 1.807) is 0 Å². The molecule has 0 atom stereocenters. The summed E-state index contributed by atoms with van der Waals surface area (Å²) in [6, 6.07) is 0. The van der Waals surface area contributed by atoms with Gasteiger partial charge in [0.1, 0.15) is 19.5 Å². The first-order valence-electron chi connectivity index (χ1n) is 7.10. The lowest BCUT2D eigenvalue weighted by atomic mass is 9.80. The van der Waals surface area contributed by atoms with E-state index in [0.717, 1.165) is 25.7 Å². The molecule has 1 aliphatic carbocycles. The predicted molar refractivity (Wildman–Crippen MR) is 70.8 cm³/mol. The fourth-order valence-corrected chi connectivity index (χ4v) is 2.70. The monoisotopic (exact) mass is 283 g/mol. The molecule has 112 valence electrons. The Kier molecular flexibility index (Phi) is 4.87. The molecule has 2 rings (SSSR count). The summed E-state index contributed by atoms with van der Waals surface area (Å²) in [7, 11) is 0. The maximum absolute atomic E-state index is 11.9. The number of hydrogen-bond donors (Lipinski definition) is 2. The van der Waals surface area contributed by atoms with Gasteiger partial charge in [-0.25, -0.2) is 0 Å². The Morgan fingerprint density at radius 1 is 1.20 bits per heavy atom. The first-order valence-corrected chi connectivity index (χ1v) is 7.10. The Balaban J connectivity index is 1.96. The van der Waals surface area contributed by atoms with E-state index in [1.807, 2.05) is 0 Å². The summed E-state index contributed by atoms with van der Waals surface area (Å²) in [5.41, 5.74) is -0.845. The Bertz CT molecular complexity index is 396. The van der Waals surface area contributed by atoms with Crippen molar-refractivity contribution < 1.29 is 24.2 Å². The topological polar surface area (TPSA) is 84.9 Å². The van der Waals surface area contributed by atoms with Crippen LogP contribution in [0.15, 0.2) is 12.0 Å². The highest BCUT2D eigenvalue weighted by Gasteiger charge is 2.39. The van der Waals surface area contributed by atoms with Crippen LogP contribution >= 0.6 is 0 Å². The van der Waals surface area contributed by atoms with Crippen molar-refractivity contribution in [3.8, 4) is 0 Å². The average Bonchev–Trinajstić information content (AvgIpc) is 2.72. The van der Waals surface area contributed by atoms with Crippen molar-refractivity contribution in [2.24, 2.45) is 5.41 Å². The summed E-state index contributed by atoms with van der Waals surface area (Å²) in [5.74, 6) is -1.12. The zero-order valence-electron chi connectivity index (χ0n) is 11.5. The maximum Gasteiger partial charge on any atom is 0.311 e. The molecule has 0 aromatic carbocycles. The second-order valence-electron chi connectivity index (χ2n) is 5.38. The zero-order chi connectivity index (χ0) is 14.4. The van der Waals surface area contributed by atoms with Crippen LogP contribution in [0.3, 0.4) is 0 Å². The molecule has 1 amide bonds. The molecular weight excluding hydrogens is 262 g/mol. The Morgan fingerprint density at radius 2 is 1.90 bits per heavy atom. The van der Waals surface area contributed by atoms with Crippen LogP contribution in [-0.4, -0.2) is 36.7 Å². The minimum atomic E-state index is -0.845. The third kappa shape index (κ3) is 3.43. The van der Waals surface area contributed by atoms with E-state index in [4.69, 9.17) is 9.47 Å². The summed E-state index contributed by atoms with van der Waals surface area (Å²) in [6.45, 7) is 0.904. The largest absolute Gasteiger partial charge is 0.494 e. The summed E-state index contributed by atoms with van der Waals surface area (Å²) in [5, 5.41) is 12.2. The lowest BCUT2D eigenvalue weighted by Gasteiger charge is -2.28. The van der Waals surface area contributed by atoms with Crippen molar-refractivity contribution in [1.29, 1.82) is 0 Å². The van der Waals surface area contributed by atoms with Gasteiger partial charge in [0.05, 0.1) is 5.41 Å². The van der Waals surface area contributed by atoms with Gasteiger partial charge >= 0.3 is 5.97 Å². The molecule has 0 radical (unpaired) electrons. The first-order chi connectivity index (χ1) is 9.64. The smallest absolute Gasteiger partial charge is 0.311 e. The SMILES string of the molecule is O=C(NCC1(C(=O)O)CCCCCC1)C1=COCCO1. The van der Waals surface area contributed by atoms with Crippen LogP contribution in [0, 0.1) is 5.41 Å². The molecule has 0 unspecified atom stereocenters. The van der Waals surface area contributed by atoms with Crippen LogP contribution in [0.1, 0.15) is 38.5 Å². The number of nitrogens with one attached hydrogen (secondary N) is 1. The maximum atomic E-state index is 11.9. The van der Waals surface area contributed by atoms with E-state index in [1.165, 1.54) is 6.26 Å². The van der Waals surface area contributed by atoms with Gasteiger partial charge in [0.15, 0.2) is 0 Å². The molecule has 20 heavy (non-hydrogen) atoms. The van der Waals surface area contributed by atoms with E-state index in [-0.39, 0.29) is 12.3 Å². The van der Waals surface area contributed by atoms with Gasteiger partial charge in [0, 0.05) is 6.54 Å². The van der Waals surface area contributed by atoms with Gasteiger partial charge in [-0.2, -0.15) is 0 Å². The van der Waals surface area contributed by atoms with E-state index in [0.29, 0.717) is 26.1 Å². The first kappa shape index (κ1) is 14.7. The van der Waals surface area contributed by atoms with Gasteiger partial charge < -0.3 is 19.9 Å². The van der Waals surface area contributed by atoms with Crippen molar-refractivity contribution in [2.45, 2.75) is 38.5 Å². The number of amides is 1. The number of carboxylic acid groups (broad SMARTS) is 1. The number of hydrogen-bond acceptors (Lipinski definition) is 4. The highest BCUT2D eigenvalue weighted by Crippen LogP contribution is 2.34. The number of aliphatic carboxylic acids is 1. The van der Waals surface area contributed by atoms with Crippen molar-refractivity contribution in [3.63, 3.8) is 0 Å². The molecule has 1 saturated carbocycles. The van der Waals surface area contributed by atoms with Crippen molar-refractivity contribution in [1.82, 2.24) is 5.32 Å². The molecular formula is C14H21NO5. The van der Waals surface area contributed by atoms with Gasteiger partial charge in [-0.3, -0.25) is 9.59 Å². The van der Waals surface area contributed by atoms with E-state index in [2.05, 4.69) is 5.32 Å². The quantitative estimate of drug-likeness (QED) is 0.762. The number of carbonyl (C=O) groups excluding carboxylic acids is 1. The summed E-state index contributed by atoms with van der Waals surface area (Å²) < 4.78 is 10.2. The molecule has 1 aliphatic heterocycles. The molecule has 0 aromatic heterocycles. The van der Waals surface area contributed by atoms with E-state index in [9.17, 15) is 14.7 Å². The molecule has 1 heterocycles. The third-order valence-electron chi connectivity index (χ3n) is 3.97. The van der Waals surface area contributed by atoms with E-state index >= 15 is 0 Å². The highest BCUT2D eigenvalue weighted by atomic mass is 16.6. The summed E-state index contributed by atoms with van der Waals surface area (Å²) >= 11 is 0. The normalized spacial score (nSPS) is 21.7. The molecule has 6 heteroatoms. The van der Waals surface area contributed by atoms with Crippen LogP contribution in [0.25, 0.3) is 0 Å². The lowest BCUT2D eigenvalue weighted by Crippen LogP contribution is -2.43. The van der Waals surface area contributed by atoms with Crippen molar-refractivity contribution in [2.75, 3.05) is 19.8 Å². The molecule has 0 aromatic rings. The van der Waals surface area contributed by atoms with Gasteiger partial charge in [-0.1, -0.05) is 25.7 Å².